The lowest BCUT2D eigenvalue weighted by atomic mass is 9.80. The van der Waals surface area contributed by atoms with Gasteiger partial charge in [0.05, 0.1) is 0 Å². The number of hydrogen-bond acceptors (Lipinski definition) is 3. The summed E-state index contributed by atoms with van der Waals surface area (Å²) in [6, 6.07) is 4.46. The second-order valence-electron chi connectivity index (χ2n) is 6.36. The molecule has 4 heteroatoms. The maximum absolute atomic E-state index is 6.50. The lowest BCUT2D eigenvalue weighted by Crippen LogP contribution is -2.50. The Morgan fingerprint density at radius 1 is 1.30 bits per heavy atom. The minimum Gasteiger partial charge on any atom is -0.486 e. The topological polar surface area (TPSA) is 24.5 Å². The first kappa shape index (κ1) is 14.2. The summed E-state index contributed by atoms with van der Waals surface area (Å²) in [6.45, 7) is 4.18. The number of nitrogens with one attached hydrogen (secondary N) is 1. The maximum Gasteiger partial charge on any atom is 0.127 e. The van der Waals surface area contributed by atoms with Crippen LogP contribution in [-0.4, -0.2) is 37.7 Å². The molecule has 3 rings (SSSR count). The molecule has 1 aromatic rings. The van der Waals surface area contributed by atoms with E-state index in [0.717, 1.165) is 48.7 Å². The van der Waals surface area contributed by atoms with Gasteiger partial charge in [0.25, 0.3) is 0 Å². The normalized spacial score (nSPS) is 24.6. The Kier molecular flexibility index (Phi) is 3.69. The van der Waals surface area contributed by atoms with Gasteiger partial charge in [-0.3, -0.25) is 0 Å². The molecule has 1 spiro atoms. The second-order valence-corrected chi connectivity index (χ2v) is 6.80. The molecule has 3 nitrogen and oxygen atoms in total. The summed E-state index contributed by atoms with van der Waals surface area (Å²) in [5.74, 6) is 1.06. The van der Waals surface area contributed by atoms with Crippen LogP contribution in [0.15, 0.2) is 12.1 Å². The number of benzene rings is 1. The van der Waals surface area contributed by atoms with Crippen LogP contribution >= 0.6 is 11.6 Å². The van der Waals surface area contributed by atoms with E-state index in [9.17, 15) is 0 Å². The number of rotatable bonds is 1. The molecule has 1 unspecified atom stereocenters. The summed E-state index contributed by atoms with van der Waals surface area (Å²) < 4.78 is 6.50. The third kappa shape index (κ3) is 2.43. The molecule has 1 aromatic carbocycles. The zero-order valence-corrected chi connectivity index (χ0v) is 13.3. The quantitative estimate of drug-likeness (QED) is 0.861. The summed E-state index contributed by atoms with van der Waals surface area (Å²) in [6.07, 6.45) is 3.21. The number of halogens is 1. The number of ether oxygens (including phenoxy) is 1. The fourth-order valence-corrected chi connectivity index (χ4v) is 3.79. The zero-order chi connectivity index (χ0) is 14.3. The molecule has 1 N–H and O–H groups in total. The maximum atomic E-state index is 6.50. The van der Waals surface area contributed by atoms with Gasteiger partial charge in [0.2, 0.25) is 0 Å². The Labute approximate surface area is 126 Å². The van der Waals surface area contributed by atoms with Gasteiger partial charge in [-0.25, -0.2) is 0 Å². The first-order valence-corrected chi connectivity index (χ1v) is 7.75. The molecule has 0 aromatic heterocycles. The van der Waals surface area contributed by atoms with Crippen molar-refractivity contribution in [3.63, 3.8) is 0 Å². The van der Waals surface area contributed by atoms with Gasteiger partial charge >= 0.3 is 0 Å². The molecule has 2 aliphatic heterocycles. The number of fused-ring (bicyclic) bond motifs is 1. The van der Waals surface area contributed by atoms with Gasteiger partial charge in [-0.05, 0) is 64.6 Å². The van der Waals surface area contributed by atoms with Gasteiger partial charge in [-0.2, -0.15) is 0 Å². The number of nitrogens with zero attached hydrogens (tertiary/aromatic N) is 1. The molecular weight excluding hydrogens is 272 g/mol. The average molecular weight is 295 g/mol. The highest BCUT2D eigenvalue weighted by Crippen LogP contribution is 2.47. The fourth-order valence-electron chi connectivity index (χ4n) is 3.51. The van der Waals surface area contributed by atoms with Crippen LogP contribution in [0.1, 0.15) is 36.4 Å². The summed E-state index contributed by atoms with van der Waals surface area (Å²) in [4.78, 5) is 2.29. The van der Waals surface area contributed by atoms with Crippen molar-refractivity contribution in [2.75, 3.05) is 27.2 Å². The molecule has 0 bridgehead atoms. The van der Waals surface area contributed by atoms with Gasteiger partial charge in [0, 0.05) is 23.0 Å². The third-order valence-electron chi connectivity index (χ3n) is 4.65. The van der Waals surface area contributed by atoms with Gasteiger partial charge < -0.3 is 15.0 Å². The standard InChI is InChI=1S/C16H23ClN2O/c1-11-8-12(17)9-13-14(19(2)3)10-16(20-15(11)13)4-6-18-7-5-16/h8-9,14,18H,4-7,10H2,1-3H3. The molecule has 1 fully saturated rings. The predicted molar refractivity (Wildman–Crippen MR) is 82.7 cm³/mol. The Hall–Kier alpha value is -0.770. The van der Waals surface area contributed by atoms with E-state index >= 15 is 0 Å². The van der Waals surface area contributed by atoms with Crippen LogP contribution in [0.25, 0.3) is 0 Å². The highest BCUT2D eigenvalue weighted by atomic mass is 35.5. The van der Waals surface area contributed by atoms with E-state index in [-0.39, 0.29) is 5.60 Å². The first-order chi connectivity index (χ1) is 9.51. The molecular formula is C16H23ClN2O. The molecule has 2 aliphatic rings. The van der Waals surface area contributed by atoms with Gasteiger partial charge in [0.15, 0.2) is 0 Å². The Morgan fingerprint density at radius 3 is 2.65 bits per heavy atom. The number of hydrogen-bond donors (Lipinski definition) is 1. The van der Waals surface area contributed by atoms with E-state index in [1.807, 2.05) is 6.07 Å². The first-order valence-electron chi connectivity index (χ1n) is 7.37. The lowest BCUT2D eigenvalue weighted by molar-refractivity contribution is -0.0124. The van der Waals surface area contributed by atoms with Crippen LogP contribution in [0.2, 0.25) is 5.02 Å². The van der Waals surface area contributed by atoms with Crippen molar-refractivity contribution in [3.05, 3.63) is 28.3 Å². The lowest BCUT2D eigenvalue weighted by Gasteiger charge is -2.46. The van der Waals surface area contributed by atoms with Gasteiger partial charge in [0.1, 0.15) is 11.4 Å². The molecule has 0 saturated carbocycles. The molecule has 0 radical (unpaired) electrons. The van der Waals surface area contributed by atoms with Crippen LogP contribution < -0.4 is 10.1 Å². The smallest absolute Gasteiger partial charge is 0.127 e. The molecule has 0 amide bonds. The number of piperidine rings is 1. The van der Waals surface area contributed by atoms with E-state index < -0.39 is 0 Å². The van der Waals surface area contributed by atoms with Crippen molar-refractivity contribution < 1.29 is 4.74 Å². The Bertz CT molecular complexity index is 509. The summed E-state index contributed by atoms with van der Waals surface area (Å²) in [5, 5.41) is 4.24. The van der Waals surface area contributed by atoms with Crippen molar-refractivity contribution in [1.29, 1.82) is 0 Å². The van der Waals surface area contributed by atoms with Crippen LogP contribution in [0, 0.1) is 6.92 Å². The van der Waals surface area contributed by atoms with E-state index in [4.69, 9.17) is 16.3 Å². The van der Waals surface area contributed by atoms with E-state index in [0.29, 0.717) is 6.04 Å². The van der Waals surface area contributed by atoms with Crippen LogP contribution in [0.5, 0.6) is 5.75 Å². The average Bonchev–Trinajstić information content (AvgIpc) is 2.40. The SMILES string of the molecule is Cc1cc(Cl)cc2c1OC1(CCNCC1)CC2N(C)C. The largest absolute Gasteiger partial charge is 0.486 e. The molecule has 110 valence electrons. The van der Waals surface area contributed by atoms with Crippen molar-refractivity contribution in [3.8, 4) is 5.75 Å². The molecule has 20 heavy (non-hydrogen) atoms. The van der Waals surface area contributed by atoms with Crippen LogP contribution in [-0.2, 0) is 0 Å². The van der Waals surface area contributed by atoms with Crippen molar-refractivity contribution >= 4 is 11.6 Å². The predicted octanol–water partition coefficient (Wildman–Crippen LogP) is 3.16. The van der Waals surface area contributed by atoms with Gasteiger partial charge in [-0.1, -0.05) is 11.6 Å². The van der Waals surface area contributed by atoms with Crippen LogP contribution in [0.3, 0.4) is 0 Å². The Morgan fingerprint density at radius 2 is 2.00 bits per heavy atom. The minimum absolute atomic E-state index is 0.00816. The highest BCUT2D eigenvalue weighted by molar-refractivity contribution is 6.30. The summed E-state index contributed by atoms with van der Waals surface area (Å²) in [5.41, 5.74) is 2.38. The summed E-state index contributed by atoms with van der Waals surface area (Å²) in [7, 11) is 4.29. The second kappa shape index (κ2) is 5.21. The zero-order valence-electron chi connectivity index (χ0n) is 12.5. The van der Waals surface area contributed by atoms with E-state index in [1.54, 1.807) is 0 Å². The van der Waals surface area contributed by atoms with E-state index in [2.05, 4.69) is 37.3 Å². The molecule has 0 aliphatic carbocycles. The molecule has 1 atom stereocenters. The molecule has 2 heterocycles. The number of aryl methyl sites for hydroxylation is 1. The fraction of sp³-hybridized carbons (Fsp3) is 0.625. The van der Waals surface area contributed by atoms with Crippen molar-refractivity contribution in [2.24, 2.45) is 0 Å². The van der Waals surface area contributed by atoms with Crippen LogP contribution in [0.4, 0.5) is 0 Å². The molecule has 1 saturated heterocycles. The highest BCUT2D eigenvalue weighted by Gasteiger charge is 2.43. The minimum atomic E-state index is -0.00816. The third-order valence-corrected chi connectivity index (χ3v) is 4.87. The van der Waals surface area contributed by atoms with Gasteiger partial charge in [-0.15, -0.1) is 0 Å². The monoisotopic (exact) mass is 294 g/mol. The van der Waals surface area contributed by atoms with Crippen molar-refractivity contribution in [1.82, 2.24) is 10.2 Å². The Balaban J connectivity index is 2.05. The van der Waals surface area contributed by atoms with Crippen molar-refractivity contribution in [2.45, 2.75) is 37.8 Å². The van der Waals surface area contributed by atoms with E-state index in [1.165, 1.54) is 5.56 Å². The summed E-state index contributed by atoms with van der Waals surface area (Å²) >= 11 is 6.25.